The van der Waals surface area contributed by atoms with E-state index in [2.05, 4.69) is 38.0 Å². The lowest BCUT2D eigenvalue weighted by molar-refractivity contribution is 0.110. The predicted molar refractivity (Wildman–Crippen MR) is 81.0 cm³/mol. The van der Waals surface area contributed by atoms with E-state index in [1.807, 2.05) is 0 Å². The second kappa shape index (κ2) is 8.92. The lowest BCUT2D eigenvalue weighted by Crippen LogP contribution is -2.42. The highest BCUT2D eigenvalue weighted by atomic mass is 15.2. The molecule has 1 rings (SSSR count). The number of likely N-dealkylation sites (tertiary alicyclic amines) is 1. The summed E-state index contributed by atoms with van der Waals surface area (Å²) in [6, 6.07) is 0.838. The maximum absolute atomic E-state index is 3.28. The second-order valence-corrected chi connectivity index (χ2v) is 6.18. The summed E-state index contributed by atoms with van der Waals surface area (Å²) in [6.07, 6.45) is 8.25. The summed E-state index contributed by atoms with van der Waals surface area (Å²) < 4.78 is 0. The van der Waals surface area contributed by atoms with Crippen molar-refractivity contribution >= 4 is 0 Å². The first-order valence-corrected chi connectivity index (χ1v) is 8.09. The van der Waals surface area contributed by atoms with E-state index >= 15 is 0 Å². The molecular weight excluding hydrogens is 220 g/mol. The standard InChI is InChI=1S/C16H34N2/c1-5-14(3)13-16(6-2)18-11-8-15(9-12-18)7-10-17-4/h14-17H,5-13H2,1-4H3. The fraction of sp³-hybridized carbons (Fsp3) is 1.00. The number of nitrogens with zero attached hydrogens (tertiary/aromatic N) is 1. The lowest BCUT2D eigenvalue weighted by Gasteiger charge is -2.38. The van der Waals surface area contributed by atoms with Crippen LogP contribution in [0.15, 0.2) is 0 Å². The molecule has 0 aromatic carbocycles. The monoisotopic (exact) mass is 254 g/mol. The van der Waals surface area contributed by atoms with E-state index < -0.39 is 0 Å². The zero-order valence-electron chi connectivity index (χ0n) is 13.0. The fourth-order valence-electron chi connectivity index (χ4n) is 3.16. The van der Waals surface area contributed by atoms with Crippen molar-refractivity contribution in [1.29, 1.82) is 0 Å². The van der Waals surface area contributed by atoms with Crippen LogP contribution in [0.25, 0.3) is 0 Å². The quantitative estimate of drug-likeness (QED) is 0.713. The molecule has 0 amide bonds. The number of rotatable bonds is 8. The van der Waals surface area contributed by atoms with Gasteiger partial charge in [0.15, 0.2) is 0 Å². The van der Waals surface area contributed by atoms with Crippen molar-refractivity contribution in [3.63, 3.8) is 0 Å². The van der Waals surface area contributed by atoms with E-state index in [4.69, 9.17) is 0 Å². The first-order chi connectivity index (χ1) is 8.71. The third-order valence-corrected chi connectivity index (χ3v) is 4.81. The highest BCUT2D eigenvalue weighted by molar-refractivity contribution is 4.79. The van der Waals surface area contributed by atoms with Crippen LogP contribution in [-0.4, -0.2) is 37.6 Å². The fourth-order valence-corrected chi connectivity index (χ4v) is 3.16. The van der Waals surface area contributed by atoms with Gasteiger partial charge in [0.1, 0.15) is 0 Å². The molecule has 0 saturated carbocycles. The van der Waals surface area contributed by atoms with Gasteiger partial charge in [-0.2, -0.15) is 0 Å². The van der Waals surface area contributed by atoms with E-state index in [-0.39, 0.29) is 0 Å². The predicted octanol–water partition coefficient (Wildman–Crippen LogP) is 3.52. The lowest BCUT2D eigenvalue weighted by atomic mass is 9.90. The Hall–Kier alpha value is -0.0800. The highest BCUT2D eigenvalue weighted by Gasteiger charge is 2.24. The van der Waals surface area contributed by atoms with Crippen LogP contribution >= 0.6 is 0 Å². The molecule has 0 bridgehead atoms. The number of hydrogen-bond donors (Lipinski definition) is 1. The summed E-state index contributed by atoms with van der Waals surface area (Å²) in [5.74, 6) is 1.85. The molecule has 0 aromatic rings. The van der Waals surface area contributed by atoms with Crippen LogP contribution in [0, 0.1) is 11.8 Å². The summed E-state index contributed by atoms with van der Waals surface area (Å²) in [6.45, 7) is 10.9. The minimum Gasteiger partial charge on any atom is -0.320 e. The van der Waals surface area contributed by atoms with Crippen molar-refractivity contribution in [2.75, 3.05) is 26.7 Å². The maximum atomic E-state index is 3.28. The molecule has 2 heteroatoms. The highest BCUT2D eigenvalue weighted by Crippen LogP contribution is 2.25. The molecule has 1 aliphatic rings. The maximum Gasteiger partial charge on any atom is 0.00951 e. The summed E-state index contributed by atoms with van der Waals surface area (Å²) in [4.78, 5) is 2.77. The van der Waals surface area contributed by atoms with Gasteiger partial charge in [-0.15, -0.1) is 0 Å². The van der Waals surface area contributed by atoms with Crippen LogP contribution in [0.3, 0.4) is 0 Å². The van der Waals surface area contributed by atoms with Gasteiger partial charge < -0.3 is 10.2 Å². The number of nitrogens with one attached hydrogen (secondary N) is 1. The molecule has 1 aliphatic heterocycles. The number of hydrogen-bond acceptors (Lipinski definition) is 2. The van der Waals surface area contributed by atoms with Crippen molar-refractivity contribution in [1.82, 2.24) is 10.2 Å². The van der Waals surface area contributed by atoms with E-state index in [1.165, 1.54) is 58.2 Å². The normalized spacial score (nSPS) is 22.0. The Bertz CT molecular complexity index is 197. The van der Waals surface area contributed by atoms with Gasteiger partial charge in [-0.25, -0.2) is 0 Å². The molecular formula is C16H34N2. The molecule has 2 unspecified atom stereocenters. The van der Waals surface area contributed by atoms with Gasteiger partial charge in [-0.1, -0.05) is 27.2 Å². The number of piperidine rings is 1. The molecule has 1 saturated heterocycles. The van der Waals surface area contributed by atoms with Crippen molar-refractivity contribution in [3.8, 4) is 0 Å². The largest absolute Gasteiger partial charge is 0.320 e. The molecule has 0 aliphatic carbocycles. The summed E-state index contributed by atoms with van der Waals surface area (Å²) in [5.41, 5.74) is 0. The van der Waals surface area contributed by atoms with Gasteiger partial charge >= 0.3 is 0 Å². The molecule has 0 aromatic heterocycles. The molecule has 18 heavy (non-hydrogen) atoms. The topological polar surface area (TPSA) is 15.3 Å². The van der Waals surface area contributed by atoms with Gasteiger partial charge in [0.25, 0.3) is 0 Å². The average molecular weight is 254 g/mol. The molecule has 108 valence electrons. The molecule has 0 spiro atoms. The zero-order chi connectivity index (χ0) is 13.4. The molecule has 2 atom stereocenters. The third-order valence-electron chi connectivity index (χ3n) is 4.81. The van der Waals surface area contributed by atoms with Crippen LogP contribution in [0.2, 0.25) is 0 Å². The van der Waals surface area contributed by atoms with Crippen molar-refractivity contribution in [2.45, 2.75) is 65.3 Å². The van der Waals surface area contributed by atoms with Gasteiger partial charge in [-0.3, -0.25) is 0 Å². The van der Waals surface area contributed by atoms with Gasteiger partial charge in [0.05, 0.1) is 0 Å². The second-order valence-electron chi connectivity index (χ2n) is 6.18. The van der Waals surface area contributed by atoms with E-state index in [1.54, 1.807) is 0 Å². The zero-order valence-corrected chi connectivity index (χ0v) is 13.0. The van der Waals surface area contributed by atoms with Gasteiger partial charge in [0, 0.05) is 6.04 Å². The average Bonchev–Trinajstić information content (AvgIpc) is 2.42. The molecule has 1 N–H and O–H groups in total. The summed E-state index contributed by atoms with van der Waals surface area (Å²) in [7, 11) is 2.06. The first-order valence-electron chi connectivity index (χ1n) is 8.09. The van der Waals surface area contributed by atoms with E-state index in [0.29, 0.717) is 0 Å². The van der Waals surface area contributed by atoms with Crippen LogP contribution in [0.1, 0.15) is 59.3 Å². The smallest absolute Gasteiger partial charge is 0.00951 e. The Morgan fingerprint density at radius 2 is 1.83 bits per heavy atom. The van der Waals surface area contributed by atoms with Crippen LogP contribution in [0.5, 0.6) is 0 Å². The minimum atomic E-state index is 0.838. The van der Waals surface area contributed by atoms with Crippen LogP contribution in [-0.2, 0) is 0 Å². The van der Waals surface area contributed by atoms with Crippen LogP contribution in [0.4, 0.5) is 0 Å². The van der Waals surface area contributed by atoms with Gasteiger partial charge in [0.2, 0.25) is 0 Å². The van der Waals surface area contributed by atoms with Crippen molar-refractivity contribution in [2.24, 2.45) is 11.8 Å². The Kier molecular flexibility index (Phi) is 7.92. The Labute approximate surface area is 115 Å². The first kappa shape index (κ1) is 16.0. The SMILES string of the molecule is CCC(C)CC(CC)N1CCC(CCNC)CC1. The van der Waals surface area contributed by atoms with Crippen LogP contribution < -0.4 is 5.32 Å². The Morgan fingerprint density at radius 3 is 2.33 bits per heavy atom. The Morgan fingerprint density at radius 1 is 1.17 bits per heavy atom. The summed E-state index contributed by atoms with van der Waals surface area (Å²) >= 11 is 0. The van der Waals surface area contributed by atoms with Crippen molar-refractivity contribution < 1.29 is 0 Å². The Balaban J connectivity index is 2.30. The minimum absolute atomic E-state index is 0.838. The third kappa shape index (κ3) is 5.27. The molecule has 1 fully saturated rings. The van der Waals surface area contributed by atoms with E-state index in [0.717, 1.165) is 17.9 Å². The molecule has 2 nitrogen and oxygen atoms in total. The molecule has 0 radical (unpaired) electrons. The summed E-state index contributed by atoms with van der Waals surface area (Å²) in [5, 5.41) is 3.28. The van der Waals surface area contributed by atoms with Gasteiger partial charge in [-0.05, 0) is 70.6 Å². The van der Waals surface area contributed by atoms with E-state index in [9.17, 15) is 0 Å². The molecule has 1 heterocycles. The van der Waals surface area contributed by atoms with Crippen molar-refractivity contribution in [3.05, 3.63) is 0 Å².